The van der Waals surface area contributed by atoms with Gasteiger partial charge in [-0.15, -0.1) is 0 Å². The van der Waals surface area contributed by atoms with Gasteiger partial charge in [0.05, 0.1) is 13.2 Å². The molecule has 0 saturated carbocycles. The summed E-state index contributed by atoms with van der Waals surface area (Å²) in [4.78, 5) is 0. The van der Waals surface area contributed by atoms with Crippen LogP contribution in [0.3, 0.4) is 0 Å². The van der Waals surface area contributed by atoms with Crippen LogP contribution >= 0.6 is 0 Å². The first-order valence-electron chi connectivity index (χ1n) is 16.2. The number of aliphatic hydroxyl groups excluding tert-OH is 1. The molecule has 0 spiro atoms. The summed E-state index contributed by atoms with van der Waals surface area (Å²) < 4.78 is 32.3. The van der Waals surface area contributed by atoms with Crippen molar-refractivity contribution in [2.75, 3.05) is 13.2 Å². The first-order chi connectivity index (χ1) is 21.3. The predicted octanol–water partition coefficient (Wildman–Crippen LogP) is 9.42. The van der Waals surface area contributed by atoms with Gasteiger partial charge < -0.3 is 19.3 Å². The number of ether oxygens (including phenoxy) is 3. The Bertz CT molecular complexity index is 1340. The van der Waals surface area contributed by atoms with Gasteiger partial charge in [-0.05, 0) is 97.2 Å². The maximum Gasteiger partial charge on any atom is 0.202 e. The van der Waals surface area contributed by atoms with Gasteiger partial charge in [-0.1, -0.05) is 88.2 Å². The summed E-state index contributed by atoms with van der Waals surface area (Å²) in [6, 6.07) is 23.4. The Morgan fingerprint density at radius 1 is 0.909 bits per heavy atom. The summed E-state index contributed by atoms with van der Waals surface area (Å²) in [7, 11) is 0. The van der Waals surface area contributed by atoms with Gasteiger partial charge in [-0.2, -0.15) is 0 Å². The second kappa shape index (κ2) is 16.6. The van der Waals surface area contributed by atoms with Crippen LogP contribution < -0.4 is 4.74 Å². The highest BCUT2D eigenvalue weighted by atomic mass is 19.1. The molecule has 0 fully saturated rings. The van der Waals surface area contributed by atoms with Crippen LogP contribution in [0.1, 0.15) is 88.0 Å². The van der Waals surface area contributed by atoms with E-state index in [2.05, 4.69) is 76.3 Å². The number of aliphatic hydroxyl groups is 1. The fraction of sp³-hybridized carbons (Fsp3) is 0.436. The van der Waals surface area contributed by atoms with Crippen LogP contribution in [0.5, 0.6) is 5.75 Å². The lowest BCUT2D eigenvalue weighted by Crippen LogP contribution is -2.28. The number of hydrogen-bond acceptors (Lipinski definition) is 4. The molecule has 0 radical (unpaired) electrons. The van der Waals surface area contributed by atoms with Crippen LogP contribution in [0.25, 0.3) is 0 Å². The van der Waals surface area contributed by atoms with Crippen LogP contribution in [-0.2, 0) is 27.9 Å². The highest BCUT2D eigenvalue weighted by Gasteiger charge is 2.31. The van der Waals surface area contributed by atoms with Gasteiger partial charge in [0.15, 0.2) is 0 Å². The van der Waals surface area contributed by atoms with Crippen molar-refractivity contribution in [2.24, 2.45) is 5.92 Å². The third-order valence-electron chi connectivity index (χ3n) is 8.56. The highest BCUT2D eigenvalue weighted by molar-refractivity contribution is 5.50. The van der Waals surface area contributed by atoms with Crippen molar-refractivity contribution >= 4 is 0 Å². The maximum absolute atomic E-state index is 13.5. The Kier molecular flexibility index (Phi) is 12.6. The topological polar surface area (TPSA) is 47.9 Å². The van der Waals surface area contributed by atoms with Gasteiger partial charge in [0.2, 0.25) is 6.29 Å². The average molecular weight is 601 g/mol. The van der Waals surface area contributed by atoms with Crippen molar-refractivity contribution in [3.05, 3.63) is 125 Å². The van der Waals surface area contributed by atoms with E-state index in [1.807, 2.05) is 30.3 Å². The third-order valence-corrected chi connectivity index (χ3v) is 8.56. The fourth-order valence-corrected chi connectivity index (χ4v) is 6.08. The van der Waals surface area contributed by atoms with E-state index in [1.54, 1.807) is 0 Å². The minimum absolute atomic E-state index is 0.0319. The van der Waals surface area contributed by atoms with Gasteiger partial charge >= 0.3 is 0 Å². The molecule has 3 aromatic rings. The van der Waals surface area contributed by atoms with Crippen molar-refractivity contribution in [3.8, 4) is 5.75 Å². The second-order valence-corrected chi connectivity index (χ2v) is 12.2. The number of rotatable bonds is 18. The summed E-state index contributed by atoms with van der Waals surface area (Å²) in [6.07, 6.45) is 11.9. The number of benzene rings is 3. The summed E-state index contributed by atoms with van der Waals surface area (Å²) in [6.45, 7) is 9.51. The van der Waals surface area contributed by atoms with Gasteiger partial charge in [0.1, 0.15) is 23.9 Å². The third kappa shape index (κ3) is 9.30. The lowest BCUT2D eigenvalue weighted by Gasteiger charge is -2.28. The monoisotopic (exact) mass is 600 g/mol. The molecular formula is C39H49FO4. The summed E-state index contributed by atoms with van der Waals surface area (Å²) in [5, 5.41) is 9.44. The van der Waals surface area contributed by atoms with E-state index in [0.717, 1.165) is 61.2 Å². The van der Waals surface area contributed by atoms with E-state index < -0.39 is 6.29 Å². The Labute approximate surface area is 263 Å². The zero-order chi connectivity index (χ0) is 31.4. The molecule has 3 atom stereocenters. The zero-order valence-electron chi connectivity index (χ0n) is 26.8. The summed E-state index contributed by atoms with van der Waals surface area (Å²) in [5.74, 6) is 1.96. The van der Waals surface area contributed by atoms with Crippen LogP contribution in [-0.4, -0.2) is 24.6 Å². The summed E-state index contributed by atoms with van der Waals surface area (Å²) in [5.41, 5.74) is 4.32. The molecule has 1 N–H and O–H groups in total. The van der Waals surface area contributed by atoms with Crippen molar-refractivity contribution < 1.29 is 23.7 Å². The van der Waals surface area contributed by atoms with Gasteiger partial charge in [0.25, 0.3) is 0 Å². The van der Waals surface area contributed by atoms with E-state index in [9.17, 15) is 9.50 Å². The van der Waals surface area contributed by atoms with Crippen LogP contribution in [0, 0.1) is 11.7 Å². The quantitative estimate of drug-likeness (QED) is 0.148. The van der Waals surface area contributed by atoms with Crippen molar-refractivity contribution in [2.45, 2.75) is 90.4 Å². The SMILES string of the molecule is CCCC(CCC)C(OCCO)OC1=CC(C)(c2ccc(OCc3ccccc3)cc2CC[C@@H](C)c2ccc(F)cc2)C=C1. The molecule has 4 nitrogen and oxygen atoms in total. The van der Waals surface area contributed by atoms with Crippen molar-refractivity contribution in [1.82, 2.24) is 0 Å². The lowest BCUT2D eigenvalue weighted by atomic mass is 9.79. The standard InChI is InChI=1S/C39H49FO4/c1-5-10-32(11-6-2)38(42-25-24-41)44-36-22-23-39(4,27-36)37-21-20-35(43-28-30-12-8-7-9-13-30)26-33(37)15-14-29(3)31-16-18-34(40)19-17-31/h7-9,12-13,16-23,26-27,29,32,38,41H,5-6,10-11,14-15,24-25,28H2,1-4H3/t29-,38?,39?/m1/s1. The molecule has 0 saturated heterocycles. The molecule has 44 heavy (non-hydrogen) atoms. The predicted molar refractivity (Wildman–Crippen MR) is 176 cm³/mol. The number of hydrogen-bond donors (Lipinski definition) is 1. The molecule has 236 valence electrons. The Morgan fingerprint density at radius 3 is 2.32 bits per heavy atom. The van der Waals surface area contributed by atoms with E-state index in [-0.39, 0.29) is 36.3 Å². The summed E-state index contributed by atoms with van der Waals surface area (Å²) >= 11 is 0. The Morgan fingerprint density at radius 2 is 1.64 bits per heavy atom. The smallest absolute Gasteiger partial charge is 0.202 e. The van der Waals surface area contributed by atoms with E-state index in [0.29, 0.717) is 6.61 Å². The largest absolute Gasteiger partial charge is 0.489 e. The molecule has 0 bridgehead atoms. The van der Waals surface area contributed by atoms with Crippen molar-refractivity contribution in [3.63, 3.8) is 0 Å². The minimum Gasteiger partial charge on any atom is -0.489 e. The number of aryl methyl sites for hydroxylation is 1. The molecule has 3 aromatic carbocycles. The second-order valence-electron chi connectivity index (χ2n) is 12.2. The van der Waals surface area contributed by atoms with E-state index in [4.69, 9.17) is 14.2 Å². The molecule has 0 amide bonds. The van der Waals surface area contributed by atoms with E-state index >= 15 is 0 Å². The normalized spacial score (nSPS) is 17.5. The van der Waals surface area contributed by atoms with E-state index in [1.165, 1.54) is 23.3 Å². The molecule has 1 aliphatic carbocycles. The van der Waals surface area contributed by atoms with Gasteiger partial charge in [-0.25, -0.2) is 4.39 Å². The first-order valence-corrected chi connectivity index (χ1v) is 16.2. The van der Waals surface area contributed by atoms with Crippen LogP contribution in [0.4, 0.5) is 4.39 Å². The number of halogens is 1. The minimum atomic E-state index is -0.398. The molecule has 2 unspecified atom stereocenters. The Hall–Kier alpha value is -3.41. The molecule has 4 rings (SSSR count). The molecule has 0 aliphatic heterocycles. The van der Waals surface area contributed by atoms with Crippen molar-refractivity contribution in [1.29, 1.82) is 0 Å². The van der Waals surface area contributed by atoms with Crippen LogP contribution in [0.2, 0.25) is 0 Å². The zero-order valence-corrected chi connectivity index (χ0v) is 26.8. The molecule has 1 aliphatic rings. The number of allylic oxidation sites excluding steroid dienone is 3. The molecule has 0 heterocycles. The van der Waals surface area contributed by atoms with Gasteiger partial charge in [-0.3, -0.25) is 0 Å². The maximum atomic E-state index is 13.5. The molecular weight excluding hydrogens is 551 g/mol. The lowest BCUT2D eigenvalue weighted by molar-refractivity contribution is -0.154. The average Bonchev–Trinajstić information content (AvgIpc) is 3.42. The molecule has 0 aromatic heterocycles. The van der Waals surface area contributed by atoms with Gasteiger partial charge in [0, 0.05) is 11.3 Å². The van der Waals surface area contributed by atoms with Crippen LogP contribution in [0.15, 0.2) is 96.8 Å². The Balaban J connectivity index is 1.58. The molecule has 5 heteroatoms. The fourth-order valence-electron chi connectivity index (χ4n) is 6.08. The highest BCUT2D eigenvalue weighted by Crippen LogP contribution is 2.39. The first kappa shape index (κ1) is 33.5.